The number of anilines is 1. The number of aryl methyl sites for hydroxylation is 1. The summed E-state index contributed by atoms with van der Waals surface area (Å²) < 4.78 is 5.47. The smallest absolute Gasteiger partial charge is 0.157 e. The number of hydrogen-bond acceptors (Lipinski definition) is 5. The Morgan fingerprint density at radius 3 is 2.87 bits per heavy atom. The number of aromatic amines is 1. The number of rotatable bonds is 8. The van der Waals surface area contributed by atoms with Crippen LogP contribution in [0.4, 0.5) is 5.69 Å². The van der Waals surface area contributed by atoms with E-state index < -0.39 is 0 Å². The second-order valence-electron chi connectivity index (χ2n) is 8.97. The summed E-state index contributed by atoms with van der Waals surface area (Å²) in [5, 5.41) is 3.69. The van der Waals surface area contributed by atoms with Crippen molar-refractivity contribution in [2.24, 2.45) is 5.92 Å². The van der Waals surface area contributed by atoms with E-state index in [0.29, 0.717) is 12.0 Å². The van der Waals surface area contributed by atoms with Crippen molar-refractivity contribution in [2.45, 2.75) is 52.2 Å². The first-order valence-corrected chi connectivity index (χ1v) is 10.8. The highest BCUT2D eigenvalue weighted by Gasteiger charge is 2.25. The van der Waals surface area contributed by atoms with Crippen molar-refractivity contribution in [3.63, 3.8) is 0 Å². The highest BCUT2D eigenvalue weighted by Crippen LogP contribution is 2.36. The SMILES string of the molecule is COCC(CC(C)C)N(C)Cc1ccc2c(c1)CC(c1ccnc3[nH]c(C)nc13)N2. The molecule has 6 nitrogen and oxygen atoms in total. The fraction of sp³-hybridized carbons (Fsp3) is 0.500. The van der Waals surface area contributed by atoms with E-state index in [1.165, 1.54) is 22.4 Å². The number of nitrogens with zero attached hydrogens (tertiary/aromatic N) is 3. The summed E-state index contributed by atoms with van der Waals surface area (Å²) in [5.74, 6) is 1.55. The molecule has 2 unspecified atom stereocenters. The van der Waals surface area contributed by atoms with E-state index in [2.05, 4.69) is 70.3 Å². The maximum Gasteiger partial charge on any atom is 0.157 e. The van der Waals surface area contributed by atoms with E-state index in [1.807, 2.05) is 13.1 Å². The van der Waals surface area contributed by atoms with Crippen molar-refractivity contribution in [1.82, 2.24) is 19.9 Å². The van der Waals surface area contributed by atoms with Gasteiger partial charge < -0.3 is 15.0 Å². The van der Waals surface area contributed by atoms with Crippen LogP contribution in [-0.4, -0.2) is 46.7 Å². The number of imidazole rings is 1. The molecule has 0 fully saturated rings. The van der Waals surface area contributed by atoms with Crippen molar-refractivity contribution in [3.05, 3.63) is 53.0 Å². The average molecular weight is 408 g/mol. The standard InChI is InChI=1S/C24H33N5O/c1-15(2)10-19(14-30-5)29(4)13-17-6-7-21-18(11-17)12-22(28-21)20-8-9-25-24-23(20)26-16(3)27-24/h6-9,11,15,19,22,28H,10,12-14H2,1-5H3,(H,25,26,27). The number of hydrogen-bond donors (Lipinski definition) is 2. The van der Waals surface area contributed by atoms with E-state index in [9.17, 15) is 0 Å². The maximum absolute atomic E-state index is 5.47. The number of methoxy groups -OCH3 is 1. The molecule has 1 aliphatic heterocycles. The van der Waals surface area contributed by atoms with Crippen LogP contribution in [0.5, 0.6) is 0 Å². The molecular formula is C24H33N5O. The topological polar surface area (TPSA) is 66.1 Å². The van der Waals surface area contributed by atoms with Crippen LogP contribution in [0.3, 0.4) is 0 Å². The summed E-state index contributed by atoms with van der Waals surface area (Å²) in [6.45, 7) is 8.21. The summed E-state index contributed by atoms with van der Waals surface area (Å²) in [5.41, 5.74) is 6.97. The first kappa shape index (κ1) is 20.8. The molecule has 0 radical (unpaired) electrons. The van der Waals surface area contributed by atoms with Crippen molar-refractivity contribution >= 4 is 16.9 Å². The van der Waals surface area contributed by atoms with Gasteiger partial charge >= 0.3 is 0 Å². The van der Waals surface area contributed by atoms with Crippen LogP contribution in [0.25, 0.3) is 11.2 Å². The van der Waals surface area contributed by atoms with E-state index in [1.54, 1.807) is 7.11 Å². The fourth-order valence-corrected chi connectivity index (χ4v) is 4.56. The lowest BCUT2D eigenvalue weighted by Crippen LogP contribution is -2.36. The molecule has 0 amide bonds. The minimum absolute atomic E-state index is 0.225. The lowest BCUT2D eigenvalue weighted by molar-refractivity contribution is 0.0897. The summed E-state index contributed by atoms with van der Waals surface area (Å²) >= 11 is 0. The zero-order valence-corrected chi connectivity index (χ0v) is 18.7. The van der Waals surface area contributed by atoms with Crippen LogP contribution >= 0.6 is 0 Å². The minimum Gasteiger partial charge on any atom is -0.383 e. The number of nitrogens with one attached hydrogen (secondary N) is 2. The number of aromatic nitrogens is 3. The highest BCUT2D eigenvalue weighted by molar-refractivity contribution is 5.77. The number of H-pyrrole nitrogens is 1. The second kappa shape index (κ2) is 8.74. The minimum atomic E-state index is 0.225. The molecule has 4 rings (SSSR count). The maximum atomic E-state index is 5.47. The molecule has 0 saturated heterocycles. The highest BCUT2D eigenvalue weighted by atomic mass is 16.5. The molecule has 0 aliphatic carbocycles. The van der Waals surface area contributed by atoms with Gasteiger partial charge in [-0.25, -0.2) is 9.97 Å². The Hall–Kier alpha value is -2.44. The Balaban J connectivity index is 1.50. The van der Waals surface area contributed by atoms with Crippen molar-refractivity contribution in [1.29, 1.82) is 0 Å². The summed E-state index contributed by atoms with van der Waals surface area (Å²) in [6, 6.07) is 9.56. The normalized spacial score (nSPS) is 17.0. The van der Waals surface area contributed by atoms with Crippen LogP contribution in [0.15, 0.2) is 30.5 Å². The monoisotopic (exact) mass is 407 g/mol. The summed E-state index contributed by atoms with van der Waals surface area (Å²) in [4.78, 5) is 14.7. The molecule has 0 saturated carbocycles. The zero-order chi connectivity index (χ0) is 21.3. The predicted molar refractivity (Wildman–Crippen MR) is 122 cm³/mol. The molecule has 30 heavy (non-hydrogen) atoms. The molecule has 0 bridgehead atoms. The molecule has 1 aromatic carbocycles. The van der Waals surface area contributed by atoms with Gasteiger partial charge in [-0.15, -0.1) is 0 Å². The van der Waals surface area contributed by atoms with Crippen molar-refractivity contribution in [2.75, 3.05) is 26.1 Å². The molecule has 2 atom stereocenters. The third kappa shape index (κ3) is 4.35. The quantitative estimate of drug-likeness (QED) is 0.577. The molecule has 2 N–H and O–H groups in total. The molecule has 2 aromatic heterocycles. The molecule has 160 valence electrons. The van der Waals surface area contributed by atoms with Gasteiger partial charge in [-0.05, 0) is 56.0 Å². The number of benzene rings is 1. The molecule has 1 aliphatic rings. The van der Waals surface area contributed by atoms with Gasteiger partial charge in [0.15, 0.2) is 5.65 Å². The number of likely N-dealkylation sites (N-methyl/N-ethyl adjacent to an activating group) is 1. The van der Waals surface area contributed by atoms with Gasteiger partial charge in [-0.2, -0.15) is 0 Å². The van der Waals surface area contributed by atoms with Crippen molar-refractivity contribution < 1.29 is 4.74 Å². The van der Waals surface area contributed by atoms with Crippen LogP contribution in [0, 0.1) is 12.8 Å². The molecule has 3 aromatic rings. The Kier molecular flexibility index (Phi) is 6.06. The van der Waals surface area contributed by atoms with Crippen molar-refractivity contribution in [3.8, 4) is 0 Å². The molecule has 6 heteroatoms. The second-order valence-corrected chi connectivity index (χ2v) is 8.97. The van der Waals surface area contributed by atoms with Crippen LogP contribution in [0.1, 0.15) is 48.8 Å². The van der Waals surface area contributed by atoms with Gasteiger partial charge in [0, 0.05) is 37.1 Å². The van der Waals surface area contributed by atoms with Gasteiger partial charge in [0.2, 0.25) is 0 Å². The van der Waals surface area contributed by atoms with Gasteiger partial charge in [-0.3, -0.25) is 4.90 Å². The van der Waals surface area contributed by atoms with Crippen LogP contribution in [-0.2, 0) is 17.7 Å². The van der Waals surface area contributed by atoms with Crippen LogP contribution in [0.2, 0.25) is 0 Å². The third-order valence-electron chi connectivity index (χ3n) is 5.99. The predicted octanol–water partition coefficient (Wildman–Crippen LogP) is 4.47. The summed E-state index contributed by atoms with van der Waals surface area (Å²) in [6.07, 6.45) is 3.97. The number of pyridine rings is 1. The van der Waals surface area contributed by atoms with Gasteiger partial charge in [0.25, 0.3) is 0 Å². The molecular weight excluding hydrogens is 374 g/mol. The Labute approximate surface area is 179 Å². The fourth-order valence-electron chi connectivity index (χ4n) is 4.56. The first-order valence-electron chi connectivity index (χ1n) is 10.8. The van der Waals surface area contributed by atoms with Gasteiger partial charge in [0.1, 0.15) is 11.3 Å². The zero-order valence-electron chi connectivity index (χ0n) is 18.7. The number of ether oxygens (including phenoxy) is 1. The lowest BCUT2D eigenvalue weighted by atomic mass is 10.0. The van der Waals surface area contributed by atoms with Crippen LogP contribution < -0.4 is 5.32 Å². The van der Waals surface area contributed by atoms with E-state index in [-0.39, 0.29) is 6.04 Å². The molecule has 3 heterocycles. The number of fused-ring (bicyclic) bond motifs is 2. The average Bonchev–Trinajstić information content (AvgIpc) is 3.28. The Morgan fingerprint density at radius 1 is 1.27 bits per heavy atom. The van der Waals surface area contributed by atoms with E-state index in [4.69, 9.17) is 4.74 Å². The Bertz CT molecular complexity index is 1010. The van der Waals surface area contributed by atoms with Gasteiger partial charge in [-0.1, -0.05) is 26.0 Å². The largest absolute Gasteiger partial charge is 0.383 e. The van der Waals surface area contributed by atoms with Gasteiger partial charge in [0.05, 0.1) is 12.6 Å². The third-order valence-corrected chi connectivity index (χ3v) is 5.99. The first-order chi connectivity index (χ1) is 14.4. The van der Waals surface area contributed by atoms with E-state index in [0.717, 1.165) is 43.0 Å². The van der Waals surface area contributed by atoms with E-state index >= 15 is 0 Å². The molecule has 0 spiro atoms. The lowest BCUT2D eigenvalue weighted by Gasteiger charge is -2.29. The Morgan fingerprint density at radius 2 is 2.10 bits per heavy atom. The summed E-state index contributed by atoms with van der Waals surface area (Å²) in [7, 11) is 3.99.